The van der Waals surface area contributed by atoms with Crippen LogP contribution in [0, 0.1) is 23.2 Å². The van der Waals surface area contributed by atoms with Crippen LogP contribution in [0.1, 0.15) is 55.2 Å². The standard InChI is InChI=1S/C28H33NO3/c1-28-13-12-23-22-11-9-21(31-2)14-19(22)8-10-24(23)25(28)15-20-17-29(27(30)32-26(20)28)16-18-6-4-3-5-7-18/h3-7,9,11,14,20,23-26H,8,10,12-13,15-17H2,1-2H3/t20-,23+,24+,25-,26+,28-/m0/s1. The van der Waals surface area contributed by atoms with Crippen molar-refractivity contribution in [2.45, 2.75) is 57.6 Å². The Morgan fingerprint density at radius 3 is 2.81 bits per heavy atom. The molecule has 0 unspecified atom stereocenters. The molecule has 0 aromatic heterocycles. The third kappa shape index (κ3) is 3.06. The van der Waals surface area contributed by atoms with Gasteiger partial charge in [-0.2, -0.15) is 0 Å². The molecule has 0 bridgehead atoms. The van der Waals surface area contributed by atoms with Gasteiger partial charge in [0.2, 0.25) is 0 Å². The van der Waals surface area contributed by atoms with Crippen molar-refractivity contribution in [2.75, 3.05) is 13.7 Å². The summed E-state index contributed by atoms with van der Waals surface area (Å²) >= 11 is 0. The monoisotopic (exact) mass is 431 g/mol. The first-order valence-corrected chi connectivity index (χ1v) is 12.2. The van der Waals surface area contributed by atoms with Gasteiger partial charge in [0.05, 0.1) is 7.11 Å². The minimum absolute atomic E-state index is 0.0743. The van der Waals surface area contributed by atoms with Crippen LogP contribution in [0.3, 0.4) is 0 Å². The highest BCUT2D eigenvalue weighted by atomic mass is 16.6. The Morgan fingerprint density at radius 2 is 2.00 bits per heavy atom. The van der Waals surface area contributed by atoms with Gasteiger partial charge in [0, 0.05) is 24.4 Å². The molecule has 1 aliphatic heterocycles. The van der Waals surface area contributed by atoms with Crippen molar-refractivity contribution >= 4 is 6.09 Å². The molecular formula is C28H33NO3. The Balaban J connectivity index is 1.24. The minimum Gasteiger partial charge on any atom is -0.497 e. The Labute approximate surface area is 190 Å². The Morgan fingerprint density at radius 1 is 1.16 bits per heavy atom. The number of methoxy groups -OCH3 is 1. The molecule has 3 aliphatic carbocycles. The lowest BCUT2D eigenvalue weighted by Crippen LogP contribution is -2.51. The van der Waals surface area contributed by atoms with Crippen LogP contribution in [0.15, 0.2) is 48.5 Å². The summed E-state index contributed by atoms with van der Waals surface area (Å²) in [5.41, 5.74) is 4.31. The fourth-order valence-electron chi connectivity index (χ4n) is 7.69. The first-order valence-electron chi connectivity index (χ1n) is 12.2. The summed E-state index contributed by atoms with van der Waals surface area (Å²) in [6.45, 7) is 3.89. The van der Waals surface area contributed by atoms with Crippen molar-refractivity contribution in [1.82, 2.24) is 4.90 Å². The van der Waals surface area contributed by atoms with E-state index in [4.69, 9.17) is 9.47 Å². The van der Waals surface area contributed by atoms with Gasteiger partial charge in [0.15, 0.2) is 0 Å². The van der Waals surface area contributed by atoms with Crippen LogP contribution in [-0.2, 0) is 17.7 Å². The molecule has 6 atom stereocenters. The third-order valence-corrected chi connectivity index (χ3v) is 9.16. The lowest BCUT2D eigenvalue weighted by Gasteiger charge is -2.51. The molecule has 4 heteroatoms. The van der Waals surface area contributed by atoms with Gasteiger partial charge in [-0.3, -0.25) is 0 Å². The Bertz CT molecular complexity index is 1020. The van der Waals surface area contributed by atoms with E-state index in [9.17, 15) is 4.79 Å². The average molecular weight is 432 g/mol. The van der Waals surface area contributed by atoms with E-state index in [1.807, 2.05) is 23.1 Å². The Hall–Kier alpha value is -2.49. The maximum absolute atomic E-state index is 13.0. The first-order chi connectivity index (χ1) is 15.6. The van der Waals surface area contributed by atoms with Gasteiger partial charge in [0.1, 0.15) is 11.9 Å². The zero-order valence-electron chi connectivity index (χ0n) is 19.1. The first kappa shape index (κ1) is 20.1. The summed E-state index contributed by atoms with van der Waals surface area (Å²) in [5, 5.41) is 0. The fourth-order valence-corrected chi connectivity index (χ4v) is 7.69. The second-order valence-electron chi connectivity index (χ2n) is 10.7. The van der Waals surface area contributed by atoms with Gasteiger partial charge in [0.25, 0.3) is 0 Å². The number of nitrogens with zero attached hydrogens (tertiary/aromatic N) is 1. The number of amides is 1. The van der Waals surface area contributed by atoms with Crippen molar-refractivity contribution in [3.63, 3.8) is 0 Å². The van der Waals surface area contributed by atoms with E-state index in [-0.39, 0.29) is 17.6 Å². The highest BCUT2D eigenvalue weighted by molar-refractivity contribution is 5.69. The van der Waals surface area contributed by atoms with E-state index >= 15 is 0 Å². The third-order valence-electron chi connectivity index (χ3n) is 9.16. The van der Waals surface area contributed by atoms with Crippen LogP contribution < -0.4 is 4.74 Å². The molecule has 4 aliphatic rings. The number of aryl methyl sites for hydroxylation is 1. The number of benzene rings is 2. The molecule has 2 aromatic carbocycles. The molecule has 32 heavy (non-hydrogen) atoms. The number of carbonyl (C=O) groups excluding carboxylic acids is 1. The van der Waals surface area contributed by atoms with Gasteiger partial charge in [-0.25, -0.2) is 4.79 Å². The summed E-state index contributed by atoms with van der Waals surface area (Å²) in [6, 6.07) is 17.0. The maximum Gasteiger partial charge on any atom is 0.410 e. The zero-order valence-corrected chi connectivity index (χ0v) is 19.1. The number of hydrogen-bond donors (Lipinski definition) is 0. The van der Waals surface area contributed by atoms with E-state index in [1.54, 1.807) is 12.7 Å². The largest absolute Gasteiger partial charge is 0.497 e. The minimum atomic E-state index is -0.125. The van der Waals surface area contributed by atoms with Crippen LogP contribution >= 0.6 is 0 Å². The molecule has 168 valence electrons. The van der Waals surface area contributed by atoms with E-state index in [1.165, 1.54) is 30.4 Å². The molecule has 0 N–H and O–H groups in total. The molecule has 0 spiro atoms. The molecule has 2 saturated carbocycles. The molecule has 1 saturated heterocycles. The topological polar surface area (TPSA) is 38.8 Å². The molecule has 2 aromatic rings. The van der Waals surface area contributed by atoms with E-state index < -0.39 is 0 Å². The number of hydrogen-bond acceptors (Lipinski definition) is 3. The van der Waals surface area contributed by atoms with Crippen LogP contribution in [0.25, 0.3) is 0 Å². The van der Waals surface area contributed by atoms with Crippen molar-refractivity contribution in [2.24, 2.45) is 23.2 Å². The summed E-state index contributed by atoms with van der Waals surface area (Å²) in [4.78, 5) is 14.9. The van der Waals surface area contributed by atoms with E-state index in [0.717, 1.165) is 25.1 Å². The smallest absolute Gasteiger partial charge is 0.410 e. The molecule has 4 nitrogen and oxygen atoms in total. The maximum atomic E-state index is 13.0. The molecule has 0 radical (unpaired) electrons. The van der Waals surface area contributed by atoms with Gasteiger partial charge < -0.3 is 14.4 Å². The number of fused-ring (bicyclic) bond motifs is 7. The number of rotatable bonds is 3. The summed E-state index contributed by atoms with van der Waals surface area (Å²) < 4.78 is 11.7. The van der Waals surface area contributed by atoms with E-state index in [2.05, 4.69) is 37.3 Å². The SMILES string of the molecule is COc1ccc2c(c1)CC[C@@H]1[C@@H]2CC[C@]2(C)[C@@H]3OC(=O)N(Cc4ccccc4)C[C@@H]3C[C@@H]12. The van der Waals surface area contributed by atoms with Crippen LogP contribution in [-0.4, -0.2) is 30.8 Å². The highest BCUT2D eigenvalue weighted by Crippen LogP contribution is 2.63. The van der Waals surface area contributed by atoms with Crippen LogP contribution in [0.5, 0.6) is 5.75 Å². The summed E-state index contributed by atoms with van der Waals surface area (Å²) in [5.74, 6) is 3.39. The van der Waals surface area contributed by atoms with Crippen molar-refractivity contribution < 1.29 is 14.3 Å². The van der Waals surface area contributed by atoms with Gasteiger partial charge in [-0.05, 0) is 78.7 Å². The Kier molecular flexibility index (Phi) is 4.74. The summed E-state index contributed by atoms with van der Waals surface area (Å²) in [6.07, 6.45) is 5.86. The quantitative estimate of drug-likeness (QED) is 0.617. The summed E-state index contributed by atoms with van der Waals surface area (Å²) in [7, 11) is 1.75. The molecule has 1 amide bonds. The second kappa shape index (κ2) is 7.54. The van der Waals surface area contributed by atoms with Crippen molar-refractivity contribution in [3.8, 4) is 5.75 Å². The van der Waals surface area contributed by atoms with Crippen LogP contribution in [0.2, 0.25) is 0 Å². The normalized spacial score (nSPS) is 35.2. The van der Waals surface area contributed by atoms with Crippen LogP contribution in [0.4, 0.5) is 4.79 Å². The predicted octanol–water partition coefficient (Wildman–Crippen LogP) is 5.80. The lowest BCUT2D eigenvalue weighted by atomic mass is 9.55. The lowest BCUT2D eigenvalue weighted by molar-refractivity contribution is -0.0726. The molecular weight excluding hydrogens is 398 g/mol. The van der Waals surface area contributed by atoms with Gasteiger partial charge >= 0.3 is 6.09 Å². The average Bonchev–Trinajstić information content (AvgIpc) is 3.11. The second-order valence-corrected chi connectivity index (χ2v) is 10.7. The molecule has 1 heterocycles. The fraction of sp³-hybridized carbons (Fsp3) is 0.536. The van der Waals surface area contributed by atoms with E-state index in [0.29, 0.717) is 30.2 Å². The van der Waals surface area contributed by atoms with Crippen molar-refractivity contribution in [3.05, 3.63) is 65.2 Å². The molecule has 3 fully saturated rings. The number of ether oxygens (including phenoxy) is 2. The number of carbonyl (C=O) groups is 1. The highest BCUT2D eigenvalue weighted by Gasteiger charge is 2.61. The van der Waals surface area contributed by atoms with Crippen molar-refractivity contribution in [1.29, 1.82) is 0 Å². The van der Waals surface area contributed by atoms with Gasteiger partial charge in [-0.1, -0.05) is 43.3 Å². The predicted molar refractivity (Wildman–Crippen MR) is 124 cm³/mol. The molecule has 6 rings (SSSR count). The zero-order chi connectivity index (χ0) is 21.9. The van der Waals surface area contributed by atoms with Gasteiger partial charge in [-0.15, -0.1) is 0 Å².